The first-order valence-electron chi connectivity index (χ1n) is 7.49. The van der Waals surface area contributed by atoms with Gasteiger partial charge in [-0.15, -0.1) is 0 Å². The SMILES string of the molecule is CC(C)N(C(C)C)C(C#N)C(OP)N(C(C)C)C(C)C. The zero-order valence-corrected chi connectivity index (χ0v) is 15.4. The van der Waals surface area contributed by atoms with Crippen molar-refractivity contribution in [2.24, 2.45) is 0 Å². The highest BCUT2D eigenvalue weighted by Gasteiger charge is 2.37. The lowest BCUT2D eigenvalue weighted by Crippen LogP contribution is -2.58. The van der Waals surface area contributed by atoms with E-state index < -0.39 is 0 Å². The van der Waals surface area contributed by atoms with Gasteiger partial charge in [-0.3, -0.25) is 9.80 Å². The van der Waals surface area contributed by atoms with Crippen molar-refractivity contribution in [3.05, 3.63) is 0 Å². The van der Waals surface area contributed by atoms with Crippen LogP contribution in [0.15, 0.2) is 0 Å². The van der Waals surface area contributed by atoms with Gasteiger partial charge >= 0.3 is 0 Å². The van der Waals surface area contributed by atoms with Crippen LogP contribution >= 0.6 is 9.47 Å². The van der Waals surface area contributed by atoms with E-state index in [0.717, 1.165) is 0 Å². The molecule has 0 bridgehead atoms. The van der Waals surface area contributed by atoms with Crippen molar-refractivity contribution < 1.29 is 4.52 Å². The summed E-state index contributed by atoms with van der Waals surface area (Å²) in [6.45, 7) is 17.1. The summed E-state index contributed by atoms with van der Waals surface area (Å²) in [5.74, 6) is 0. The van der Waals surface area contributed by atoms with Crippen molar-refractivity contribution >= 4 is 9.47 Å². The lowest BCUT2D eigenvalue weighted by Gasteiger charge is -2.44. The smallest absolute Gasteiger partial charge is 0.143 e. The second kappa shape index (κ2) is 8.95. The molecule has 0 rings (SSSR count). The Labute approximate surface area is 127 Å². The molecule has 0 aromatic heterocycles. The van der Waals surface area contributed by atoms with Crippen molar-refractivity contribution in [1.82, 2.24) is 9.80 Å². The predicted molar refractivity (Wildman–Crippen MR) is 88.2 cm³/mol. The summed E-state index contributed by atoms with van der Waals surface area (Å²) in [7, 11) is 2.34. The number of nitriles is 1. The molecule has 0 aliphatic carbocycles. The van der Waals surface area contributed by atoms with E-state index in [4.69, 9.17) is 4.52 Å². The fourth-order valence-corrected chi connectivity index (χ4v) is 3.30. The van der Waals surface area contributed by atoms with E-state index in [1.54, 1.807) is 0 Å². The molecule has 0 spiro atoms. The van der Waals surface area contributed by atoms with Crippen LogP contribution < -0.4 is 0 Å². The molecule has 0 N–H and O–H groups in total. The Hall–Kier alpha value is -0.200. The van der Waals surface area contributed by atoms with Crippen molar-refractivity contribution in [2.45, 2.75) is 91.8 Å². The van der Waals surface area contributed by atoms with Crippen LogP contribution in [-0.2, 0) is 4.52 Å². The van der Waals surface area contributed by atoms with Gasteiger partial charge in [0.2, 0.25) is 0 Å². The molecule has 0 radical (unpaired) electrons. The Balaban J connectivity index is 5.50. The molecule has 0 amide bonds. The second-order valence-corrected chi connectivity index (χ2v) is 6.64. The molecule has 0 saturated carbocycles. The maximum atomic E-state index is 9.70. The van der Waals surface area contributed by atoms with Crippen molar-refractivity contribution in [1.29, 1.82) is 5.26 Å². The Kier molecular flexibility index (Phi) is 8.86. The van der Waals surface area contributed by atoms with Gasteiger partial charge in [0, 0.05) is 33.6 Å². The van der Waals surface area contributed by atoms with Gasteiger partial charge in [-0.25, -0.2) is 0 Å². The summed E-state index contributed by atoms with van der Waals surface area (Å²) >= 11 is 0. The van der Waals surface area contributed by atoms with Crippen molar-refractivity contribution in [3.8, 4) is 6.07 Å². The zero-order chi connectivity index (χ0) is 16.0. The Morgan fingerprint density at radius 1 is 0.800 bits per heavy atom. The third-order valence-corrected chi connectivity index (χ3v) is 3.82. The number of nitrogens with zero attached hydrogens (tertiary/aromatic N) is 3. The summed E-state index contributed by atoms with van der Waals surface area (Å²) in [5.41, 5.74) is 0. The van der Waals surface area contributed by atoms with Crippen LogP contribution in [0.2, 0.25) is 0 Å². The van der Waals surface area contributed by atoms with E-state index in [9.17, 15) is 5.26 Å². The van der Waals surface area contributed by atoms with E-state index >= 15 is 0 Å². The van der Waals surface area contributed by atoms with E-state index in [0.29, 0.717) is 24.2 Å². The summed E-state index contributed by atoms with van der Waals surface area (Å²) in [4.78, 5) is 4.46. The van der Waals surface area contributed by atoms with E-state index in [-0.39, 0.29) is 12.3 Å². The first-order valence-corrected chi connectivity index (χ1v) is 7.96. The quantitative estimate of drug-likeness (QED) is 0.509. The van der Waals surface area contributed by atoms with Gasteiger partial charge in [0.15, 0.2) is 0 Å². The number of hydrogen-bond acceptors (Lipinski definition) is 4. The average Bonchev–Trinajstić information content (AvgIpc) is 2.30. The van der Waals surface area contributed by atoms with Crippen LogP contribution in [0.3, 0.4) is 0 Å². The summed E-state index contributed by atoms with van der Waals surface area (Å²) in [6.07, 6.45) is -0.255. The molecule has 0 aliphatic rings. The van der Waals surface area contributed by atoms with Gasteiger partial charge in [-0.1, -0.05) is 0 Å². The van der Waals surface area contributed by atoms with Gasteiger partial charge in [0.1, 0.15) is 12.3 Å². The van der Waals surface area contributed by atoms with Crippen LogP contribution in [0, 0.1) is 11.3 Å². The predicted octanol–water partition coefficient (Wildman–Crippen LogP) is 3.25. The van der Waals surface area contributed by atoms with Crippen LogP contribution in [0.5, 0.6) is 0 Å². The molecule has 4 nitrogen and oxygen atoms in total. The Morgan fingerprint density at radius 2 is 1.15 bits per heavy atom. The number of rotatable bonds is 8. The largest absolute Gasteiger partial charge is 0.344 e. The lowest BCUT2D eigenvalue weighted by molar-refractivity contribution is -0.0619. The molecule has 0 fully saturated rings. The van der Waals surface area contributed by atoms with Gasteiger partial charge in [0.25, 0.3) is 0 Å². The maximum Gasteiger partial charge on any atom is 0.143 e. The molecule has 0 aromatic carbocycles. The molecule has 118 valence electrons. The molecule has 3 unspecified atom stereocenters. The Morgan fingerprint density at radius 3 is 1.35 bits per heavy atom. The molecule has 0 aliphatic heterocycles. The molecule has 20 heavy (non-hydrogen) atoms. The second-order valence-electron chi connectivity index (χ2n) is 6.37. The third-order valence-electron chi connectivity index (χ3n) is 3.54. The molecule has 5 heteroatoms. The Bertz CT molecular complexity index is 297. The summed E-state index contributed by atoms with van der Waals surface area (Å²) in [5, 5.41) is 9.70. The first kappa shape index (κ1) is 19.8. The minimum Gasteiger partial charge on any atom is -0.344 e. The lowest BCUT2D eigenvalue weighted by atomic mass is 10.1. The minimum atomic E-state index is -0.294. The van der Waals surface area contributed by atoms with E-state index in [1.165, 1.54) is 0 Å². The summed E-state index contributed by atoms with van der Waals surface area (Å²) < 4.78 is 5.65. The third kappa shape index (κ3) is 4.97. The summed E-state index contributed by atoms with van der Waals surface area (Å²) in [6, 6.07) is 3.38. The van der Waals surface area contributed by atoms with Gasteiger partial charge in [-0.2, -0.15) is 5.26 Å². The fraction of sp³-hybridized carbons (Fsp3) is 0.933. The molecular weight excluding hydrogens is 269 g/mol. The highest BCUT2D eigenvalue weighted by molar-refractivity contribution is 7.09. The van der Waals surface area contributed by atoms with Crippen LogP contribution in [0.1, 0.15) is 55.4 Å². The van der Waals surface area contributed by atoms with Crippen molar-refractivity contribution in [3.63, 3.8) is 0 Å². The van der Waals surface area contributed by atoms with E-state index in [2.05, 4.69) is 80.7 Å². The average molecular weight is 301 g/mol. The monoisotopic (exact) mass is 301 g/mol. The molecule has 0 heterocycles. The highest BCUT2D eigenvalue weighted by atomic mass is 31.0. The van der Waals surface area contributed by atoms with Gasteiger partial charge in [-0.05, 0) is 55.4 Å². The van der Waals surface area contributed by atoms with Crippen LogP contribution in [0.25, 0.3) is 0 Å². The molecule has 3 atom stereocenters. The van der Waals surface area contributed by atoms with Gasteiger partial charge in [0.05, 0.1) is 6.07 Å². The molecule has 0 saturated heterocycles. The number of hydrogen-bond donors (Lipinski definition) is 0. The van der Waals surface area contributed by atoms with Crippen LogP contribution in [-0.4, -0.2) is 46.2 Å². The normalized spacial score (nSPS) is 15.7. The maximum absolute atomic E-state index is 9.70. The molecule has 0 aromatic rings. The minimum absolute atomic E-state index is 0.255. The standard InChI is InChI=1S/C15H32N3OP/c1-10(2)17(11(3)4)14(9-16)15(19-20)18(12(5)6)13(7)8/h10-15H,20H2,1-8H3. The topological polar surface area (TPSA) is 39.5 Å². The van der Waals surface area contributed by atoms with Crippen LogP contribution in [0.4, 0.5) is 0 Å². The fourth-order valence-electron chi connectivity index (χ4n) is 3.01. The van der Waals surface area contributed by atoms with Gasteiger partial charge < -0.3 is 4.52 Å². The zero-order valence-electron chi connectivity index (χ0n) is 14.3. The first-order chi connectivity index (χ1) is 9.18. The van der Waals surface area contributed by atoms with Crippen molar-refractivity contribution in [2.75, 3.05) is 0 Å². The molecular formula is C15H32N3OP. The van der Waals surface area contributed by atoms with E-state index in [1.807, 2.05) is 0 Å². The highest BCUT2D eigenvalue weighted by Crippen LogP contribution is 2.23.